The Labute approximate surface area is 558 Å². The number of anilines is 6. The molecule has 0 unspecified atom stereocenters. The van der Waals surface area contributed by atoms with Gasteiger partial charge in [0, 0.05) is 67.3 Å². The zero-order valence-corrected chi connectivity index (χ0v) is 52.2. The van der Waals surface area contributed by atoms with E-state index in [9.17, 15) is 0 Å². The molecule has 4 heterocycles. The van der Waals surface area contributed by atoms with Gasteiger partial charge in [0.05, 0.1) is 29.0 Å². The highest BCUT2D eigenvalue weighted by atomic mass is 15.2. The Morgan fingerprint density at radius 2 is 0.677 bits per heavy atom. The number of hydrogen-bond acceptors (Lipinski definition) is 4. The molecule has 6 nitrogen and oxygen atoms in total. The van der Waals surface area contributed by atoms with Crippen LogP contribution in [-0.2, 0) is 0 Å². The molecule has 0 saturated carbocycles. The van der Waals surface area contributed by atoms with Gasteiger partial charge in [-0.3, -0.25) is 0 Å². The van der Waals surface area contributed by atoms with E-state index in [0.29, 0.717) is 11.5 Å². The molecule has 446 valence electrons. The first-order valence-corrected chi connectivity index (χ1v) is 32.6. The summed E-state index contributed by atoms with van der Waals surface area (Å²) in [6, 6.07) is 124. The lowest BCUT2D eigenvalue weighted by Crippen LogP contribution is -2.61. The Morgan fingerprint density at radius 1 is 0.281 bits per heavy atom. The van der Waals surface area contributed by atoms with Gasteiger partial charge in [0.1, 0.15) is 0 Å². The number of para-hydroxylation sites is 1. The summed E-state index contributed by atoms with van der Waals surface area (Å²) in [6.45, 7) is 8.21. The van der Waals surface area contributed by atoms with Gasteiger partial charge in [-0.2, -0.15) is 0 Å². The van der Waals surface area contributed by atoms with E-state index < -0.39 is 0 Å². The first-order valence-electron chi connectivity index (χ1n) is 32.6. The van der Waals surface area contributed by atoms with Crippen molar-refractivity contribution in [2.75, 3.05) is 9.80 Å². The summed E-state index contributed by atoms with van der Waals surface area (Å²) in [5.41, 5.74) is 29.5. The van der Waals surface area contributed by atoms with Gasteiger partial charge in [0.15, 0.2) is 11.5 Å². The summed E-state index contributed by atoms with van der Waals surface area (Å²) in [4.78, 5) is 19.8. The van der Waals surface area contributed by atoms with Gasteiger partial charge >= 0.3 is 0 Å². The van der Waals surface area contributed by atoms with Crippen LogP contribution in [0.15, 0.2) is 346 Å². The first kappa shape index (κ1) is 55.9. The number of aromatic nitrogens is 3. The molecule has 0 N–H and O–H groups in total. The molecule has 2 aromatic heterocycles. The van der Waals surface area contributed by atoms with Crippen molar-refractivity contribution >= 4 is 84.7 Å². The number of rotatable bonds is 11. The van der Waals surface area contributed by atoms with E-state index in [-0.39, 0.29) is 6.71 Å². The predicted molar refractivity (Wildman–Crippen MR) is 400 cm³/mol. The Hall–Kier alpha value is -12.9. The van der Waals surface area contributed by atoms with E-state index in [4.69, 9.17) is 16.5 Å². The molecule has 0 aliphatic carbocycles. The van der Waals surface area contributed by atoms with E-state index in [2.05, 4.69) is 310 Å². The summed E-state index contributed by atoms with van der Waals surface area (Å²) in [5.74, 6) is 0.569. The second-order valence-corrected chi connectivity index (χ2v) is 24.7. The molecule has 0 spiro atoms. The zero-order chi connectivity index (χ0) is 63.6. The van der Waals surface area contributed by atoms with E-state index in [1.807, 2.05) is 54.6 Å². The zero-order valence-electron chi connectivity index (χ0n) is 52.2. The highest BCUT2D eigenvalue weighted by Gasteiger charge is 2.44. The largest absolute Gasteiger partial charge is 0.311 e. The Kier molecular flexibility index (Phi) is 13.6. The van der Waals surface area contributed by atoms with Crippen LogP contribution in [0.2, 0.25) is 0 Å². The fraction of sp³-hybridized carbons (Fsp3) is 0. The van der Waals surface area contributed by atoms with E-state index in [1.165, 1.54) is 49.8 Å². The predicted octanol–water partition coefficient (Wildman–Crippen LogP) is 21.5. The molecular weight excluding hydrogens is 1160 g/mol. The minimum absolute atomic E-state index is 0.164. The molecule has 0 bridgehead atoms. The third-order valence-corrected chi connectivity index (χ3v) is 19.2. The summed E-state index contributed by atoms with van der Waals surface area (Å²) >= 11 is 0. The average molecular weight is 1220 g/mol. The Morgan fingerprint density at radius 3 is 1.16 bits per heavy atom. The molecule has 0 amide bonds. The second kappa shape index (κ2) is 23.3. The van der Waals surface area contributed by atoms with Crippen LogP contribution in [0.3, 0.4) is 0 Å². The molecule has 18 rings (SSSR count). The summed E-state index contributed by atoms with van der Waals surface area (Å²) in [6.07, 6.45) is 0. The first-order chi connectivity index (χ1) is 47.5. The number of nitrogens with zero attached hydrogens (tertiary/aromatic N) is 6. The summed E-state index contributed by atoms with van der Waals surface area (Å²) < 4.78 is 2.31. The molecule has 0 fully saturated rings. The molecule has 14 aromatic carbocycles. The number of fused-ring (bicyclic) bond motifs is 7. The maximum Gasteiger partial charge on any atom is 0.252 e. The molecule has 0 atom stereocenters. The lowest BCUT2D eigenvalue weighted by Gasteiger charge is -2.44. The van der Waals surface area contributed by atoms with Gasteiger partial charge in [-0.15, -0.1) is 0 Å². The molecule has 0 saturated heterocycles. The molecule has 96 heavy (non-hydrogen) atoms. The van der Waals surface area contributed by atoms with Gasteiger partial charge in [-0.05, 0) is 151 Å². The van der Waals surface area contributed by atoms with Crippen LogP contribution in [-0.4, -0.2) is 21.2 Å². The van der Waals surface area contributed by atoms with Crippen LogP contribution >= 0.6 is 0 Å². The number of hydrogen-bond donors (Lipinski definition) is 0. The van der Waals surface area contributed by atoms with Gasteiger partial charge in [0.25, 0.3) is 6.71 Å². The standard InChI is InChI=1S/C89H57BN6/c1-91-71-43-48-75(89-92-79(65-30-16-6-17-31-65)58-80(93-89)66-32-18-7-19-33-66)85(57-71)96-81-35-21-20-34-74(81)76-52-67(40-49-82(76)96)70-55-86-88-87(56-70)95(73-46-38-64(39-47-73)60-24-10-3-11-25-60)84-51-42-69(62-28-14-5-15-29-62)54-78(84)90(88)77-53-68(61-26-12-4-13-27-61)41-50-83(77)94(86)72-44-36-63(37-45-72)59-22-8-2-9-23-59/h2-58H. The molecule has 2 aliphatic rings. The van der Waals surface area contributed by atoms with Crippen molar-refractivity contribution in [3.63, 3.8) is 0 Å². The van der Waals surface area contributed by atoms with Gasteiger partial charge < -0.3 is 14.4 Å². The average Bonchev–Trinajstić information content (AvgIpc) is 0.794. The Bertz CT molecular complexity index is 5440. The summed E-state index contributed by atoms with van der Waals surface area (Å²) in [5, 5.41) is 2.16. The van der Waals surface area contributed by atoms with Crippen molar-refractivity contribution < 1.29 is 0 Å². The Balaban J connectivity index is 0.883. The van der Waals surface area contributed by atoms with Crippen LogP contribution in [0.1, 0.15) is 0 Å². The maximum atomic E-state index is 8.38. The van der Waals surface area contributed by atoms with Crippen LogP contribution in [0.5, 0.6) is 0 Å². The minimum Gasteiger partial charge on any atom is -0.311 e. The van der Waals surface area contributed by atoms with Crippen molar-refractivity contribution in [2.45, 2.75) is 0 Å². The fourth-order valence-corrected chi connectivity index (χ4v) is 14.7. The van der Waals surface area contributed by atoms with Crippen molar-refractivity contribution in [2.24, 2.45) is 0 Å². The molecule has 2 aliphatic heterocycles. The summed E-state index contributed by atoms with van der Waals surface area (Å²) in [7, 11) is 0. The highest BCUT2D eigenvalue weighted by Crippen LogP contribution is 2.49. The normalized spacial score (nSPS) is 12.1. The van der Waals surface area contributed by atoms with E-state index in [0.717, 1.165) is 112 Å². The molecule has 16 aromatic rings. The van der Waals surface area contributed by atoms with Crippen LogP contribution in [0, 0.1) is 6.57 Å². The molecule has 0 radical (unpaired) electrons. The fourth-order valence-electron chi connectivity index (χ4n) is 14.7. The minimum atomic E-state index is -0.164. The SMILES string of the molecule is [C-]#[N+]c1ccc(-c2nc(-c3ccccc3)cc(-c3ccccc3)n2)c(-n2c3ccccc3c3cc(-c4cc5c6c(c4)N(c4ccc(-c7ccccc7)cc4)c4ccc(-c7ccccc7)cc4B6c4cc(-c6ccccc6)ccc4N5c4ccc(-c5ccccc5)cc4)ccc32)c1. The van der Waals surface area contributed by atoms with Crippen molar-refractivity contribution in [3.05, 3.63) is 357 Å². The van der Waals surface area contributed by atoms with Crippen molar-refractivity contribution in [1.82, 2.24) is 14.5 Å². The van der Waals surface area contributed by atoms with Crippen LogP contribution in [0.25, 0.3) is 122 Å². The lowest BCUT2D eigenvalue weighted by atomic mass is 9.33. The van der Waals surface area contributed by atoms with E-state index >= 15 is 0 Å². The van der Waals surface area contributed by atoms with Crippen molar-refractivity contribution in [1.29, 1.82) is 0 Å². The third kappa shape index (κ3) is 9.66. The van der Waals surface area contributed by atoms with Gasteiger partial charge in [-0.1, -0.05) is 267 Å². The highest BCUT2D eigenvalue weighted by molar-refractivity contribution is 7.00. The van der Waals surface area contributed by atoms with Crippen molar-refractivity contribution in [3.8, 4) is 95.2 Å². The van der Waals surface area contributed by atoms with Gasteiger partial charge in [-0.25, -0.2) is 14.8 Å². The number of benzene rings is 14. The molecular formula is C89H57BN6. The quantitative estimate of drug-likeness (QED) is 0.0956. The second-order valence-electron chi connectivity index (χ2n) is 24.7. The maximum absolute atomic E-state index is 8.38. The van der Waals surface area contributed by atoms with Crippen LogP contribution < -0.4 is 26.2 Å². The molecule has 7 heteroatoms. The van der Waals surface area contributed by atoms with Gasteiger partial charge in [0.2, 0.25) is 0 Å². The van der Waals surface area contributed by atoms with E-state index in [1.54, 1.807) is 0 Å². The lowest BCUT2D eigenvalue weighted by molar-refractivity contribution is 1.14. The third-order valence-electron chi connectivity index (χ3n) is 19.2. The topological polar surface area (TPSA) is 41.6 Å². The van der Waals surface area contributed by atoms with Crippen LogP contribution in [0.4, 0.5) is 39.8 Å². The smallest absolute Gasteiger partial charge is 0.252 e. The monoisotopic (exact) mass is 1220 g/mol.